The first-order valence-electron chi connectivity index (χ1n) is 6.47. The number of anilines is 2. The summed E-state index contributed by atoms with van der Waals surface area (Å²) in [6.45, 7) is 8.06. The van der Waals surface area contributed by atoms with Crippen LogP contribution in [-0.2, 0) is 0 Å². The highest BCUT2D eigenvalue weighted by Crippen LogP contribution is 2.25. The van der Waals surface area contributed by atoms with E-state index >= 15 is 0 Å². The van der Waals surface area contributed by atoms with Crippen LogP contribution in [0, 0.1) is 5.92 Å². The summed E-state index contributed by atoms with van der Waals surface area (Å²) in [6.07, 6.45) is 2.41. The third-order valence-electron chi connectivity index (χ3n) is 3.06. The van der Waals surface area contributed by atoms with Crippen molar-refractivity contribution < 1.29 is 4.74 Å². The highest BCUT2D eigenvalue weighted by molar-refractivity contribution is 5.61. The number of nitrogen functional groups attached to an aromatic ring is 1. The molecule has 3 N–H and O–H groups in total. The molecule has 0 unspecified atom stereocenters. The molecular formula is C14H24N2O. The van der Waals surface area contributed by atoms with Gasteiger partial charge in [0.05, 0.1) is 12.3 Å². The lowest BCUT2D eigenvalue weighted by molar-refractivity contribution is 0.342. The minimum Gasteiger partial charge on any atom is -0.492 e. The van der Waals surface area contributed by atoms with Crippen molar-refractivity contribution in [2.24, 2.45) is 5.92 Å². The predicted octanol–water partition coefficient (Wildman–Crippen LogP) is 3.52. The Bertz CT molecular complexity index is 335. The van der Waals surface area contributed by atoms with Gasteiger partial charge in [0.25, 0.3) is 0 Å². The largest absolute Gasteiger partial charge is 0.492 e. The molecule has 0 saturated carbocycles. The molecule has 96 valence electrons. The fourth-order valence-corrected chi connectivity index (χ4v) is 1.76. The van der Waals surface area contributed by atoms with Crippen molar-refractivity contribution in [3.63, 3.8) is 0 Å². The molecule has 3 heteroatoms. The highest BCUT2D eigenvalue weighted by atomic mass is 16.5. The van der Waals surface area contributed by atoms with Crippen LogP contribution in [0.25, 0.3) is 0 Å². The average molecular weight is 236 g/mol. The molecule has 17 heavy (non-hydrogen) atoms. The molecule has 0 spiro atoms. The van der Waals surface area contributed by atoms with Crippen molar-refractivity contribution in [1.82, 2.24) is 0 Å². The highest BCUT2D eigenvalue weighted by Gasteiger charge is 2.05. The van der Waals surface area contributed by atoms with Gasteiger partial charge in [-0.3, -0.25) is 0 Å². The minimum absolute atomic E-state index is 0.639. The Balaban J connectivity index is 2.62. The van der Waals surface area contributed by atoms with Crippen LogP contribution in [0.2, 0.25) is 0 Å². The van der Waals surface area contributed by atoms with Crippen molar-refractivity contribution in [2.75, 3.05) is 24.2 Å². The molecule has 0 bridgehead atoms. The maximum absolute atomic E-state index is 5.83. The SMILES string of the molecule is CCOc1cc(NCC(CC)CC)ccc1N. The molecule has 0 heterocycles. The van der Waals surface area contributed by atoms with Crippen molar-refractivity contribution in [3.05, 3.63) is 18.2 Å². The third kappa shape index (κ3) is 4.17. The number of rotatable bonds is 7. The van der Waals surface area contributed by atoms with E-state index < -0.39 is 0 Å². The summed E-state index contributed by atoms with van der Waals surface area (Å²) >= 11 is 0. The lowest BCUT2D eigenvalue weighted by Crippen LogP contribution is -2.12. The van der Waals surface area contributed by atoms with Crippen LogP contribution in [-0.4, -0.2) is 13.2 Å². The molecule has 0 atom stereocenters. The number of ether oxygens (including phenoxy) is 1. The summed E-state index contributed by atoms with van der Waals surface area (Å²) in [4.78, 5) is 0. The van der Waals surface area contributed by atoms with Gasteiger partial charge in [-0.05, 0) is 25.0 Å². The van der Waals surface area contributed by atoms with Crippen LogP contribution in [0.3, 0.4) is 0 Å². The lowest BCUT2D eigenvalue weighted by atomic mass is 10.0. The number of nitrogens with two attached hydrogens (primary N) is 1. The van der Waals surface area contributed by atoms with E-state index in [1.807, 2.05) is 25.1 Å². The summed E-state index contributed by atoms with van der Waals surface area (Å²) in [5.74, 6) is 1.49. The smallest absolute Gasteiger partial charge is 0.144 e. The van der Waals surface area contributed by atoms with Gasteiger partial charge in [-0.1, -0.05) is 26.7 Å². The monoisotopic (exact) mass is 236 g/mol. The van der Waals surface area contributed by atoms with Gasteiger partial charge in [0.15, 0.2) is 0 Å². The zero-order chi connectivity index (χ0) is 12.7. The Labute approximate surface area is 104 Å². The summed E-state index contributed by atoms with van der Waals surface area (Å²) in [7, 11) is 0. The summed E-state index contributed by atoms with van der Waals surface area (Å²) < 4.78 is 5.47. The van der Waals surface area contributed by atoms with E-state index in [2.05, 4.69) is 19.2 Å². The van der Waals surface area contributed by atoms with Gasteiger partial charge >= 0.3 is 0 Å². The molecule has 0 fully saturated rings. The molecule has 0 aliphatic heterocycles. The van der Waals surface area contributed by atoms with E-state index in [0.717, 1.165) is 23.9 Å². The second-order valence-electron chi connectivity index (χ2n) is 4.25. The first-order valence-corrected chi connectivity index (χ1v) is 6.47. The van der Waals surface area contributed by atoms with Crippen LogP contribution < -0.4 is 15.8 Å². The standard InChI is InChI=1S/C14H24N2O/c1-4-11(5-2)10-16-12-7-8-13(15)14(9-12)17-6-3/h7-9,11,16H,4-6,10,15H2,1-3H3. The second-order valence-corrected chi connectivity index (χ2v) is 4.25. The zero-order valence-corrected chi connectivity index (χ0v) is 11.1. The molecule has 0 amide bonds. The molecule has 0 aromatic heterocycles. The fraction of sp³-hybridized carbons (Fsp3) is 0.571. The molecule has 0 aliphatic rings. The number of nitrogens with one attached hydrogen (secondary N) is 1. The predicted molar refractivity (Wildman–Crippen MR) is 74.6 cm³/mol. The van der Waals surface area contributed by atoms with E-state index in [0.29, 0.717) is 12.3 Å². The number of hydrogen-bond donors (Lipinski definition) is 2. The second kappa shape index (κ2) is 7.05. The zero-order valence-electron chi connectivity index (χ0n) is 11.1. The average Bonchev–Trinajstić information content (AvgIpc) is 2.34. The van der Waals surface area contributed by atoms with Crippen molar-refractivity contribution in [2.45, 2.75) is 33.6 Å². The van der Waals surface area contributed by atoms with E-state index in [1.54, 1.807) is 0 Å². The molecule has 0 saturated heterocycles. The summed E-state index contributed by atoms with van der Waals surface area (Å²) in [5, 5.41) is 3.44. The van der Waals surface area contributed by atoms with Gasteiger partial charge in [0.2, 0.25) is 0 Å². The molecule has 0 aliphatic carbocycles. The maximum atomic E-state index is 5.83. The maximum Gasteiger partial charge on any atom is 0.144 e. The van der Waals surface area contributed by atoms with Crippen molar-refractivity contribution in [3.8, 4) is 5.75 Å². The molecule has 1 aromatic carbocycles. The van der Waals surface area contributed by atoms with Crippen LogP contribution in [0.1, 0.15) is 33.6 Å². The number of hydrogen-bond acceptors (Lipinski definition) is 3. The van der Waals surface area contributed by atoms with E-state index in [-0.39, 0.29) is 0 Å². The first-order chi connectivity index (χ1) is 8.21. The van der Waals surface area contributed by atoms with Crippen LogP contribution >= 0.6 is 0 Å². The molecule has 0 radical (unpaired) electrons. The fourth-order valence-electron chi connectivity index (χ4n) is 1.76. The molecular weight excluding hydrogens is 212 g/mol. The Morgan fingerprint density at radius 3 is 2.53 bits per heavy atom. The Kier molecular flexibility index (Phi) is 5.67. The van der Waals surface area contributed by atoms with Crippen molar-refractivity contribution in [1.29, 1.82) is 0 Å². The third-order valence-corrected chi connectivity index (χ3v) is 3.06. The Morgan fingerprint density at radius 1 is 1.24 bits per heavy atom. The van der Waals surface area contributed by atoms with E-state index in [4.69, 9.17) is 10.5 Å². The van der Waals surface area contributed by atoms with Gasteiger partial charge in [-0.15, -0.1) is 0 Å². The molecule has 1 aromatic rings. The Morgan fingerprint density at radius 2 is 1.94 bits per heavy atom. The van der Waals surface area contributed by atoms with Gasteiger partial charge in [-0.25, -0.2) is 0 Å². The minimum atomic E-state index is 0.639. The van der Waals surface area contributed by atoms with Crippen LogP contribution in [0.4, 0.5) is 11.4 Å². The number of benzene rings is 1. The van der Waals surface area contributed by atoms with Gasteiger partial charge in [0.1, 0.15) is 5.75 Å². The van der Waals surface area contributed by atoms with Crippen LogP contribution in [0.15, 0.2) is 18.2 Å². The van der Waals surface area contributed by atoms with Crippen LogP contribution in [0.5, 0.6) is 5.75 Å². The van der Waals surface area contributed by atoms with Crippen molar-refractivity contribution >= 4 is 11.4 Å². The topological polar surface area (TPSA) is 47.3 Å². The molecule has 3 nitrogen and oxygen atoms in total. The Hall–Kier alpha value is -1.38. The quantitative estimate of drug-likeness (QED) is 0.712. The first kappa shape index (κ1) is 13.7. The van der Waals surface area contributed by atoms with E-state index in [1.165, 1.54) is 12.8 Å². The lowest BCUT2D eigenvalue weighted by Gasteiger charge is -2.15. The molecule has 1 rings (SSSR count). The van der Waals surface area contributed by atoms with E-state index in [9.17, 15) is 0 Å². The summed E-state index contributed by atoms with van der Waals surface area (Å²) in [5.41, 5.74) is 7.60. The summed E-state index contributed by atoms with van der Waals surface area (Å²) in [6, 6.07) is 5.86. The van der Waals surface area contributed by atoms with Gasteiger partial charge in [-0.2, -0.15) is 0 Å². The van der Waals surface area contributed by atoms with Gasteiger partial charge in [0, 0.05) is 18.3 Å². The normalized spacial score (nSPS) is 10.6. The van der Waals surface area contributed by atoms with Gasteiger partial charge < -0.3 is 15.8 Å².